The molecule has 2 aromatic rings. The standard InChI is InChI=1S/C8H9N3S/c1-5(2)7-8-6(3-10-11-7)12-4-9-8/h3-5H,1-2H3. The first kappa shape index (κ1) is 7.61. The van der Waals surface area contributed by atoms with E-state index >= 15 is 0 Å². The van der Waals surface area contributed by atoms with E-state index < -0.39 is 0 Å². The second-order valence-electron chi connectivity index (χ2n) is 2.95. The van der Waals surface area contributed by atoms with Crippen LogP contribution in [0.25, 0.3) is 10.2 Å². The Hall–Kier alpha value is -1.03. The van der Waals surface area contributed by atoms with Gasteiger partial charge in [-0.2, -0.15) is 10.2 Å². The topological polar surface area (TPSA) is 38.7 Å². The molecule has 0 saturated heterocycles. The van der Waals surface area contributed by atoms with Crippen molar-refractivity contribution >= 4 is 21.6 Å². The molecule has 12 heavy (non-hydrogen) atoms. The number of nitrogens with zero attached hydrogens (tertiary/aromatic N) is 3. The molecule has 62 valence electrons. The van der Waals surface area contributed by atoms with Gasteiger partial charge in [0.1, 0.15) is 5.52 Å². The molecule has 0 spiro atoms. The van der Waals surface area contributed by atoms with Crippen molar-refractivity contribution in [2.45, 2.75) is 19.8 Å². The van der Waals surface area contributed by atoms with Crippen LogP contribution in [-0.4, -0.2) is 15.2 Å². The smallest absolute Gasteiger partial charge is 0.106 e. The van der Waals surface area contributed by atoms with Crippen molar-refractivity contribution in [3.05, 3.63) is 17.4 Å². The molecule has 3 nitrogen and oxygen atoms in total. The zero-order chi connectivity index (χ0) is 8.55. The molecular formula is C8H9N3S. The van der Waals surface area contributed by atoms with Crippen LogP contribution in [0.5, 0.6) is 0 Å². The summed E-state index contributed by atoms with van der Waals surface area (Å²) in [6.45, 7) is 4.20. The lowest BCUT2D eigenvalue weighted by molar-refractivity contribution is 0.796. The fraction of sp³-hybridized carbons (Fsp3) is 0.375. The van der Waals surface area contributed by atoms with Crippen LogP contribution in [-0.2, 0) is 0 Å². The number of hydrogen-bond acceptors (Lipinski definition) is 4. The Bertz CT molecular complexity index is 394. The van der Waals surface area contributed by atoms with Crippen LogP contribution in [0.15, 0.2) is 11.7 Å². The molecule has 0 radical (unpaired) electrons. The Labute approximate surface area is 74.5 Å². The van der Waals surface area contributed by atoms with Gasteiger partial charge < -0.3 is 0 Å². The number of hydrogen-bond donors (Lipinski definition) is 0. The summed E-state index contributed by atoms with van der Waals surface area (Å²) in [5.41, 5.74) is 3.83. The third-order valence-electron chi connectivity index (χ3n) is 1.72. The first-order chi connectivity index (χ1) is 5.79. The first-order valence-electron chi connectivity index (χ1n) is 3.84. The highest BCUT2D eigenvalue weighted by atomic mass is 32.1. The molecule has 0 amide bonds. The van der Waals surface area contributed by atoms with Gasteiger partial charge in [-0.1, -0.05) is 13.8 Å². The van der Waals surface area contributed by atoms with E-state index in [2.05, 4.69) is 29.0 Å². The molecule has 0 aliphatic rings. The lowest BCUT2D eigenvalue weighted by Crippen LogP contribution is -1.95. The lowest BCUT2D eigenvalue weighted by atomic mass is 10.1. The number of aromatic nitrogens is 3. The van der Waals surface area contributed by atoms with Gasteiger partial charge in [0.05, 0.1) is 22.1 Å². The summed E-state index contributed by atoms with van der Waals surface area (Å²) < 4.78 is 1.12. The molecule has 2 rings (SSSR count). The van der Waals surface area contributed by atoms with Gasteiger partial charge >= 0.3 is 0 Å². The molecule has 0 fully saturated rings. The quantitative estimate of drug-likeness (QED) is 0.673. The second kappa shape index (κ2) is 2.79. The maximum atomic E-state index is 4.26. The SMILES string of the molecule is CC(C)c1nncc2scnc12. The van der Waals surface area contributed by atoms with Crippen LogP contribution in [0, 0.1) is 0 Å². The maximum Gasteiger partial charge on any atom is 0.106 e. The Morgan fingerprint density at radius 3 is 3.00 bits per heavy atom. The van der Waals surface area contributed by atoms with E-state index in [-0.39, 0.29) is 0 Å². The van der Waals surface area contributed by atoms with Gasteiger partial charge in [-0.05, 0) is 5.92 Å². The predicted molar refractivity (Wildman–Crippen MR) is 49.3 cm³/mol. The van der Waals surface area contributed by atoms with Gasteiger partial charge in [-0.3, -0.25) is 0 Å². The van der Waals surface area contributed by atoms with Crippen LogP contribution >= 0.6 is 11.3 Å². The minimum atomic E-state index is 0.392. The molecule has 0 aliphatic carbocycles. The van der Waals surface area contributed by atoms with Crippen molar-refractivity contribution in [1.82, 2.24) is 15.2 Å². The van der Waals surface area contributed by atoms with Crippen molar-refractivity contribution in [1.29, 1.82) is 0 Å². The largest absolute Gasteiger partial charge is 0.243 e. The lowest BCUT2D eigenvalue weighted by Gasteiger charge is -2.01. The van der Waals surface area contributed by atoms with Gasteiger partial charge in [0, 0.05) is 0 Å². The Kier molecular flexibility index (Phi) is 1.77. The van der Waals surface area contributed by atoms with Gasteiger partial charge in [0.2, 0.25) is 0 Å². The van der Waals surface area contributed by atoms with Gasteiger partial charge in [0.15, 0.2) is 0 Å². The number of fused-ring (bicyclic) bond motifs is 1. The van der Waals surface area contributed by atoms with E-state index in [1.54, 1.807) is 17.5 Å². The van der Waals surface area contributed by atoms with Crippen LogP contribution in [0.3, 0.4) is 0 Å². The van der Waals surface area contributed by atoms with Crippen molar-refractivity contribution in [3.63, 3.8) is 0 Å². The van der Waals surface area contributed by atoms with Crippen LogP contribution in [0.1, 0.15) is 25.5 Å². The molecule has 0 saturated carbocycles. The average Bonchev–Trinajstić information content (AvgIpc) is 2.49. The van der Waals surface area contributed by atoms with Crippen LogP contribution < -0.4 is 0 Å². The summed E-state index contributed by atoms with van der Waals surface area (Å²) in [6, 6.07) is 0. The van der Waals surface area contributed by atoms with Crippen molar-refractivity contribution in [2.75, 3.05) is 0 Å². The van der Waals surface area contributed by atoms with E-state index in [0.29, 0.717) is 5.92 Å². The minimum Gasteiger partial charge on any atom is -0.243 e. The second-order valence-corrected chi connectivity index (χ2v) is 3.84. The zero-order valence-corrected chi connectivity index (χ0v) is 7.80. The highest BCUT2D eigenvalue weighted by Crippen LogP contribution is 2.23. The summed E-state index contributed by atoms with van der Waals surface area (Å²) >= 11 is 1.61. The third-order valence-corrected chi connectivity index (χ3v) is 2.49. The molecule has 0 aliphatic heterocycles. The normalized spacial score (nSPS) is 11.2. The Morgan fingerprint density at radius 2 is 2.25 bits per heavy atom. The van der Waals surface area contributed by atoms with Crippen molar-refractivity contribution in [2.24, 2.45) is 0 Å². The highest BCUT2D eigenvalue weighted by Gasteiger charge is 2.08. The van der Waals surface area contributed by atoms with E-state index in [1.165, 1.54) is 0 Å². The maximum absolute atomic E-state index is 4.26. The van der Waals surface area contributed by atoms with E-state index in [9.17, 15) is 0 Å². The average molecular weight is 179 g/mol. The monoisotopic (exact) mass is 179 g/mol. The van der Waals surface area contributed by atoms with Crippen LogP contribution in [0.2, 0.25) is 0 Å². The Balaban J connectivity index is 2.73. The third kappa shape index (κ3) is 1.08. The summed E-state index contributed by atoms with van der Waals surface area (Å²) in [6.07, 6.45) is 1.76. The number of thiazole rings is 1. The van der Waals surface area contributed by atoms with E-state index in [0.717, 1.165) is 15.9 Å². The fourth-order valence-corrected chi connectivity index (χ4v) is 1.77. The van der Waals surface area contributed by atoms with Gasteiger partial charge in [-0.25, -0.2) is 4.98 Å². The predicted octanol–water partition coefficient (Wildman–Crippen LogP) is 2.21. The first-order valence-corrected chi connectivity index (χ1v) is 4.72. The molecule has 0 unspecified atom stereocenters. The molecule has 0 bridgehead atoms. The van der Waals surface area contributed by atoms with E-state index in [4.69, 9.17) is 0 Å². The summed E-state index contributed by atoms with van der Waals surface area (Å²) in [5, 5.41) is 8.00. The molecule has 2 heterocycles. The molecule has 2 aromatic heterocycles. The molecule has 0 N–H and O–H groups in total. The summed E-state index contributed by atoms with van der Waals surface area (Å²) in [5.74, 6) is 0.392. The summed E-state index contributed by atoms with van der Waals surface area (Å²) in [4.78, 5) is 4.26. The highest BCUT2D eigenvalue weighted by molar-refractivity contribution is 7.16. The minimum absolute atomic E-state index is 0.392. The Morgan fingerprint density at radius 1 is 1.42 bits per heavy atom. The van der Waals surface area contributed by atoms with Crippen LogP contribution in [0.4, 0.5) is 0 Å². The van der Waals surface area contributed by atoms with Gasteiger partial charge in [0.25, 0.3) is 0 Å². The van der Waals surface area contributed by atoms with E-state index in [1.807, 2.05) is 5.51 Å². The number of rotatable bonds is 1. The molecule has 0 aromatic carbocycles. The fourth-order valence-electron chi connectivity index (χ4n) is 1.12. The van der Waals surface area contributed by atoms with Crippen molar-refractivity contribution < 1.29 is 0 Å². The summed E-state index contributed by atoms with van der Waals surface area (Å²) in [7, 11) is 0. The molecule has 0 atom stereocenters. The zero-order valence-electron chi connectivity index (χ0n) is 6.98. The van der Waals surface area contributed by atoms with Gasteiger partial charge in [-0.15, -0.1) is 11.3 Å². The van der Waals surface area contributed by atoms with Crippen molar-refractivity contribution in [3.8, 4) is 0 Å². The molecule has 4 heteroatoms. The molecular weight excluding hydrogens is 170 g/mol.